The summed E-state index contributed by atoms with van der Waals surface area (Å²) in [5.41, 5.74) is 4.38. The van der Waals surface area contributed by atoms with Crippen LogP contribution in [0.1, 0.15) is 36.8 Å². The summed E-state index contributed by atoms with van der Waals surface area (Å²) < 4.78 is 0. The van der Waals surface area contributed by atoms with Gasteiger partial charge in [-0.25, -0.2) is 0 Å². The Kier molecular flexibility index (Phi) is 2.83. The number of rotatable bonds is 3. The van der Waals surface area contributed by atoms with Crippen molar-refractivity contribution in [3.8, 4) is 0 Å². The van der Waals surface area contributed by atoms with Crippen LogP contribution in [-0.2, 0) is 12.8 Å². The van der Waals surface area contributed by atoms with Crippen LogP contribution in [0.15, 0.2) is 18.2 Å². The van der Waals surface area contributed by atoms with E-state index in [1.807, 2.05) is 0 Å². The minimum atomic E-state index is 0.205. The molecule has 0 unspecified atom stereocenters. The van der Waals surface area contributed by atoms with Crippen molar-refractivity contribution < 1.29 is 5.11 Å². The van der Waals surface area contributed by atoms with E-state index in [1.54, 1.807) is 0 Å². The molecule has 2 heteroatoms. The Balaban J connectivity index is 1.79. The molecule has 1 fully saturated rings. The largest absolute Gasteiger partial charge is 0.396 e. The zero-order chi connectivity index (χ0) is 11.7. The fourth-order valence-electron chi connectivity index (χ4n) is 3.14. The second kappa shape index (κ2) is 4.34. The topological polar surface area (TPSA) is 32.3 Å². The predicted molar refractivity (Wildman–Crippen MR) is 70.3 cm³/mol. The Morgan fingerprint density at radius 3 is 2.82 bits per heavy atom. The minimum absolute atomic E-state index is 0.205. The summed E-state index contributed by atoms with van der Waals surface area (Å²) in [4.78, 5) is 0. The van der Waals surface area contributed by atoms with Crippen molar-refractivity contribution >= 4 is 5.69 Å². The van der Waals surface area contributed by atoms with Gasteiger partial charge in [-0.05, 0) is 54.7 Å². The molecule has 1 aromatic rings. The zero-order valence-electron chi connectivity index (χ0n) is 10.3. The maximum atomic E-state index is 9.52. The smallest absolute Gasteiger partial charge is 0.0490 e. The Morgan fingerprint density at radius 1 is 1.24 bits per heavy atom. The van der Waals surface area contributed by atoms with E-state index in [4.69, 9.17) is 0 Å². The number of aliphatic hydroxyl groups excluding tert-OH is 1. The van der Waals surface area contributed by atoms with Crippen LogP contribution in [0.25, 0.3) is 0 Å². The summed E-state index contributed by atoms with van der Waals surface area (Å²) in [6.07, 6.45) is 7.16. The zero-order valence-corrected chi connectivity index (χ0v) is 10.3. The van der Waals surface area contributed by atoms with E-state index in [0.717, 1.165) is 13.0 Å². The quantitative estimate of drug-likeness (QED) is 0.838. The van der Waals surface area contributed by atoms with Crippen LogP contribution in [0.2, 0.25) is 0 Å². The lowest BCUT2D eigenvalue weighted by Gasteiger charge is -2.40. The SMILES string of the molecule is OCC1(Cc2ccc3c(c2)CCCN3)CCC1. The molecule has 17 heavy (non-hydrogen) atoms. The van der Waals surface area contributed by atoms with E-state index in [2.05, 4.69) is 23.5 Å². The van der Waals surface area contributed by atoms with Gasteiger partial charge in [0.1, 0.15) is 0 Å². The third-order valence-corrected chi connectivity index (χ3v) is 4.44. The van der Waals surface area contributed by atoms with Crippen molar-refractivity contribution in [2.45, 2.75) is 38.5 Å². The van der Waals surface area contributed by atoms with Gasteiger partial charge in [-0.2, -0.15) is 0 Å². The molecule has 0 amide bonds. The molecule has 0 radical (unpaired) electrons. The summed E-state index contributed by atoms with van der Waals surface area (Å²) >= 11 is 0. The van der Waals surface area contributed by atoms with Crippen LogP contribution in [0.3, 0.4) is 0 Å². The molecule has 0 atom stereocenters. The van der Waals surface area contributed by atoms with Crippen LogP contribution < -0.4 is 5.32 Å². The molecule has 2 N–H and O–H groups in total. The van der Waals surface area contributed by atoms with Gasteiger partial charge in [-0.15, -0.1) is 0 Å². The Hall–Kier alpha value is -1.02. The second-order valence-electron chi connectivity index (χ2n) is 5.71. The number of nitrogens with one attached hydrogen (secondary N) is 1. The average molecular weight is 231 g/mol. The van der Waals surface area contributed by atoms with E-state index < -0.39 is 0 Å². The highest BCUT2D eigenvalue weighted by Crippen LogP contribution is 2.43. The summed E-state index contributed by atoms with van der Waals surface area (Å²) in [5, 5.41) is 13.0. The molecule has 1 aromatic carbocycles. The van der Waals surface area contributed by atoms with E-state index in [1.165, 1.54) is 48.9 Å². The molecular formula is C15H21NO. The third-order valence-electron chi connectivity index (χ3n) is 4.44. The van der Waals surface area contributed by atoms with Crippen molar-refractivity contribution in [2.24, 2.45) is 5.41 Å². The third kappa shape index (κ3) is 2.06. The molecule has 0 saturated heterocycles. The van der Waals surface area contributed by atoms with Gasteiger partial charge in [0.25, 0.3) is 0 Å². The fraction of sp³-hybridized carbons (Fsp3) is 0.600. The first-order valence-electron chi connectivity index (χ1n) is 6.78. The van der Waals surface area contributed by atoms with Crippen molar-refractivity contribution in [1.82, 2.24) is 0 Å². The molecule has 92 valence electrons. The first-order valence-corrected chi connectivity index (χ1v) is 6.78. The molecule has 3 rings (SSSR count). The van der Waals surface area contributed by atoms with E-state index in [9.17, 15) is 5.11 Å². The Bertz CT molecular complexity index is 404. The Morgan fingerprint density at radius 2 is 2.12 bits per heavy atom. The van der Waals surface area contributed by atoms with Gasteiger partial charge < -0.3 is 10.4 Å². The van der Waals surface area contributed by atoms with Crippen LogP contribution in [0, 0.1) is 5.41 Å². The lowest BCUT2D eigenvalue weighted by Crippen LogP contribution is -2.35. The molecule has 1 aliphatic carbocycles. The van der Waals surface area contributed by atoms with Gasteiger partial charge in [0.2, 0.25) is 0 Å². The van der Waals surface area contributed by atoms with E-state index in [-0.39, 0.29) is 5.41 Å². The van der Waals surface area contributed by atoms with Crippen molar-refractivity contribution in [3.63, 3.8) is 0 Å². The fourth-order valence-corrected chi connectivity index (χ4v) is 3.14. The van der Waals surface area contributed by atoms with Gasteiger partial charge in [-0.1, -0.05) is 18.6 Å². The maximum absolute atomic E-state index is 9.52. The molecule has 2 nitrogen and oxygen atoms in total. The first-order chi connectivity index (χ1) is 8.31. The number of aryl methyl sites for hydroxylation is 1. The number of anilines is 1. The number of benzene rings is 1. The highest BCUT2D eigenvalue weighted by atomic mass is 16.3. The lowest BCUT2D eigenvalue weighted by atomic mass is 9.66. The molecule has 1 saturated carbocycles. The number of fused-ring (bicyclic) bond motifs is 1. The molecule has 2 aliphatic rings. The highest BCUT2D eigenvalue weighted by molar-refractivity contribution is 5.54. The van der Waals surface area contributed by atoms with Gasteiger partial charge in [-0.3, -0.25) is 0 Å². The predicted octanol–water partition coefficient (Wildman–Crippen LogP) is 2.75. The number of hydrogen-bond donors (Lipinski definition) is 2. The molecule has 0 bridgehead atoms. The molecule has 1 aliphatic heterocycles. The lowest BCUT2D eigenvalue weighted by molar-refractivity contribution is 0.0450. The average Bonchev–Trinajstić information content (AvgIpc) is 2.34. The molecule has 1 heterocycles. The first kappa shape index (κ1) is 11.1. The maximum Gasteiger partial charge on any atom is 0.0490 e. The summed E-state index contributed by atoms with van der Waals surface area (Å²) in [6.45, 7) is 1.45. The van der Waals surface area contributed by atoms with Gasteiger partial charge in [0.05, 0.1) is 0 Å². The summed E-state index contributed by atoms with van der Waals surface area (Å²) in [6, 6.07) is 6.79. The van der Waals surface area contributed by atoms with Gasteiger partial charge >= 0.3 is 0 Å². The van der Waals surface area contributed by atoms with Crippen molar-refractivity contribution in [2.75, 3.05) is 18.5 Å². The van der Waals surface area contributed by atoms with Crippen LogP contribution >= 0.6 is 0 Å². The molecule has 0 spiro atoms. The van der Waals surface area contributed by atoms with E-state index >= 15 is 0 Å². The van der Waals surface area contributed by atoms with E-state index in [0.29, 0.717) is 6.61 Å². The summed E-state index contributed by atoms with van der Waals surface area (Å²) in [5.74, 6) is 0. The second-order valence-corrected chi connectivity index (χ2v) is 5.71. The number of hydrogen-bond acceptors (Lipinski definition) is 2. The van der Waals surface area contributed by atoms with Gasteiger partial charge in [0, 0.05) is 18.8 Å². The normalized spacial score (nSPS) is 21.2. The van der Waals surface area contributed by atoms with Crippen LogP contribution in [0.5, 0.6) is 0 Å². The van der Waals surface area contributed by atoms with Gasteiger partial charge in [0.15, 0.2) is 0 Å². The van der Waals surface area contributed by atoms with Crippen molar-refractivity contribution in [1.29, 1.82) is 0 Å². The highest BCUT2D eigenvalue weighted by Gasteiger charge is 2.36. The molecule has 0 aromatic heterocycles. The summed E-state index contributed by atoms with van der Waals surface area (Å²) in [7, 11) is 0. The van der Waals surface area contributed by atoms with Crippen LogP contribution in [-0.4, -0.2) is 18.3 Å². The standard InChI is InChI=1S/C15H21NO/c17-11-15(6-2-7-15)10-12-4-5-14-13(9-12)3-1-8-16-14/h4-5,9,16-17H,1-3,6-8,10-11H2. The molecular weight excluding hydrogens is 210 g/mol. The minimum Gasteiger partial charge on any atom is -0.396 e. The van der Waals surface area contributed by atoms with Crippen molar-refractivity contribution in [3.05, 3.63) is 29.3 Å². The monoisotopic (exact) mass is 231 g/mol. The van der Waals surface area contributed by atoms with Crippen LogP contribution in [0.4, 0.5) is 5.69 Å². The Labute approximate surface area is 103 Å². The number of aliphatic hydroxyl groups is 1.